The molecule has 0 saturated heterocycles. The third-order valence-electron chi connectivity index (χ3n) is 4.72. The number of anilines is 1. The number of thioether (sulfide) groups is 1. The second-order valence-electron chi connectivity index (χ2n) is 7.30. The largest absolute Gasteiger partial charge is 0.457 e. The summed E-state index contributed by atoms with van der Waals surface area (Å²) in [5, 5.41) is 7.52. The van der Waals surface area contributed by atoms with Crippen LogP contribution in [0.15, 0.2) is 64.0 Å². The smallest absolute Gasteiger partial charge is 0.289 e. The first-order valence-corrected chi connectivity index (χ1v) is 11.0. The number of rotatable bonds is 6. The van der Waals surface area contributed by atoms with Crippen LogP contribution in [0.25, 0.3) is 11.0 Å². The van der Waals surface area contributed by atoms with Crippen LogP contribution in [0.2, 0.25) is 0 Å². The summed E-state index contributed by atoms with van der Waals surface area (Å²) >= 11 is 1.63. The number of furan rings is 1. The number of carbonyl (C=O) groups is 2. The van der Waals surface area contributed by atoms with E-state index in [-0.39, 0.29) is 17.6 Å². The van der Waals surface area contributed by atoms with Crippen molar-refractivity contribution in [2.45, 2.75) is 4.90 Å². The Balaban J connectivity index is 1.75. The molecule has 8 nitrogen and oxygen atoms in total. The minimum atomic E-state index is -0.370. The molecule has 2 amide bonds. The first-order valence-electron chi connectivity index (χ1n) is 9.76. The van der Waals surface area contributed by atoms with Gasteiger partial charge >= 0.3 is 0 Å². The van der Waals surface area contributed by atoms with Gasteiger partial charge in [0.05, 0.1) is 5.39 Å². The van der Waals surface area contributed by atoms with Crippen LogP contribution >= 0.6 is 11.8 Å². The fraction of sp³-hybridized carbons (Fsp3) is 0.174. The van der Waals surface area contributed by atoms with Gasteiger partial charge in [0.25, 0.3) is 11.8 Å². The molecule has 2 aromatic carbocycles. The number of amides is 2. The van der Waals surface area contributed by atoms with Crippen LogP contribution in [0.5, 0.6) is 11.5 Å². The van der Waals surface area contributed by atoms with Crippen molar-refractivity contribution in [3.05, 3.63) is 66.1 Å². The van der Waals surface area contributed by atoms with Gasteiger partial charge in [-0.25, -0.2) is 0 Å². The van der Waals surface area contributed by atoms with Crippen LogP contribution in [-0.4, -0.2) is 46.8 Å². The van der Waals surface area contributed by atoms with Gasteiger partial charge in [-0.3, -0.25) is 14.3 Å². The Morgan fingerprint density at radius 2 is 1.88 bits per heavy atom. The van der Waals surface area contributed by atoms with Gasteiger partial charge in [0, 0.05) is 49.9 Å². The first-order chi connectivity index (χ1) is 15.3. The van der Waals surface area contributed by atoms with E-state index in [9.17, 15) is 9.59 Å². The van der Waals surface area contributed by atoms with Crippen molar-refractivity contribution in [3.63, 3.8) is 0 Å². The Bertz CT molecular complexity index is 1290. The highest BCUT2D eigenvalue weighted by molar-refractivity contribution is 7.98. The first kappa shape index (κ1) is 21.5. The van der Waals surface area contributed by atoms with Crippen LogP contribution < -0.4 is 10.1 Å². The summed E-state index contributed by atoms with van der Waals surface area (Å²) in [6, 6.07) is 14.1. The number of nitrogens with zero attached hydrogens (tertiary/aromatic N) is 3. The summed E-state index contributed by atoms with van der Waals surface area (Å²) in [6.45, 7) is 0. The number of fused-ring (bicyclic) bond motifs is 1. The molecule has 0 aliphatic rings. The van der Waals surface area contributed by atoms with Crippen molar-refractivity contribution >= 4 is 40.4 Å². The number of carbonyl (C=O) groups excluding carboxylic acids is 2. The summed E-state index contributed by atoms with van der Waals surface area (Å²) in [5.74, 6) is 0.951. The average Bonchev–Trinajstić information content (AvgIpc) is 3.39. The molecule has 0 unspecified atom stereocenters. The number of aryl methyl sites for hydroxylation is 1. The van der Waals surface area contributed by atoms with Crippen LogP contribution in [0.3, 0.4) is 0 Å². The van der Waals surface area contributed by atoms with Crippen molar-refractivity contribution < 1.29 is 18.7 Å². The predicted octanol–water partition coefficient (Wildman–Crippen LogP) is 4.63. The lowest BCUT2D eigenvalue weighted by atomic mass is 10.1. The molecule has 4 rings (SSSR count). The van der Waals surface area contributed by atoms with Crippen molar-refractivity contribution in [1.29, 1.82) is 0 Å². The molecule has 0 aliphatic carbocycles. The summed E-state index contributed by atoms with van der Waals surface area (Å²) in [5.41, 5.74) is 0.691. The fourth-order valence-electron chi connectivity index (χ4n) is 3.09. The molecule has 4 aromatic rings. The molecule has 9 heteroatoms. The number of ether oxygens (including phenoxy) is 1. The zero-order valence-electron chi connectivity index (χ0n) is 18.1. The zero-order chi connectivity index (χ0) is 22.8. The lowest BCUT2D eigenvalue weighted by Crippen LogP contribution is -2.20. The summed E-state index contributed by atoms with van der Waals surface area (Å²) < 4.78 is 13.5. The van der Waals surface area contributed by atoms with Gasteiger partial charge in [-0.15, -0.1) is 11.8 Å². The summed E-state index contributed by atoms with van der Waals surface area (Å²) in [4.78, 5) is 27.8. The highest BCUT2D eigenvalue weighted by Crippen LogP contribution is 2.35. The van der Waals surface area contributed by atoms with Crippen molar-refractivity contribution in [3.8, 4) is 11.5 Å². The molecular formula is C23H22N4O4S. The molecule has 0 atom stereocenters. The molecule has 32 heavy (non-hydrogen) atoms. The van der Waals surface area contributed by atoms with Crippen LogP contribution in [0, 0.1) is 0 Å². The van der Waals surface area contributed by atoms with Gasteiger partial charge in [0.1, 0.15) is 17.1 Å². The molecule has 0 aliphatic heterocycles. The lowest BCUT2D eigenvalue weighted by molar-refractivity contribution is 0.0799. The number of nitrogens with one attached hydrogen (secondary N) is 1. The van der Waals surface area contributed by atoms with E-state index < -0.39 is 0 Å². The van der Waals surface area contributed by atoms with E-state index in [1.165, 1.54) is 4.90 Å². The molecule has 0 saturated carbocycles. The van der Waals surface area contributed by atoms with Crippen molar-refractivity contribution in [1.82, 2.24) is 14.7 Å². The van der Waals surface area contributed by atoms with Gasteiger partial charge in [-0.05, 0) is 42.7 Å². The monoisotopic (exact) mass is 450 g/mol. The van der Waals surface area contributed by atoms with Crippen LogP contribution in [0.1, 0.15) is 20.9 Å². The normalized spacial score (nSPS) is 10.9. The molecule has 1 N–H and O–H groups in total. The second-order valence-corrected chi connectivity index (χ2v) is 8.18. The maximum atomic E-state index is 12.9. The Morgan fingerprint density at radius 3 is 2.50 bits per heavy atom. The quantitative estimate of drug-likeness (QED) is 0.431. The maximum Gasteiger partial charge on any atom is 0.289 e. The van der Waals surface area contributed by atoms with Gasteiger partial charge < -0.3 is 19.4 Å². The fourth-order valence-corrected chi connectivity index (χ4v) is 3.50. The minimum absolute atomic E-state index is 0.162. The highest BCUT2D eigenvalue weighted by atomic mass is 32.2. The molecule has 0 spiro atoms. The van der Waals surface area contributed by atoms with Crippen LogP contribution in [0.4, 0.5) is 5.82 Å². The zero-order valence-corrected chi connectivity index (χ0v) is 18.9. The molecule has 0 radical (unpaired) electrons. The SMILES string of the molecule is CSc1ccc(Oc2cc(C(=O)Nc3ccn(C)n3)cc3oc(C(=O)N(C)C)cc23)cc1. The van der Waals surface area contributed by atoms with Crippen LogP contribution in [-0.2, 0) is 7.05 Å². The van der Waals surface area contributed by atoms with Crippen molar-refractivity contribution in [2.24, 2.45) is 7.05 Å². The van der Waals surface area contributed by atoms with Gasteiger partial charge in [-0.2, -0.15) is 5.10 Å². The Morgan fingerprint density at radius 1 is 1.12 bits per heavy atom. The maximum absolute atomic E-state index is 12.9. The van der Waals surface area contributed by atoms with E-state index in [1.54, 1.807) is 68.0 Å². The van der Waals surface area contributed by atoms with Gasteiger partial charge in [-0.1, -0.05) is 0 Å². The Kier molecular flexibility index (Phi) is 5.91. The topological polar surface area (TPSA) is 89.6 Å². The van der Waals surface area contributed by atoms with E-state index in [2.05, 4.69) is 10.4 Å². The van der Waals surface area contributed by atoms with Gasteiger partial charge in [0.15, 0.2) is 11.6 Å². The third-order valence-corrected chi connectivity index (χ3v) is 5.46. The van der Waals surface area contributed by atoms with E-state index in [4.69, 9.17) is 9.15 Å². The van der Waals surface area contributed by atoms with E-state index in [1.807, 2.05) is 30.5 Å². The number of hydrogen-bond acceptors (Lipinski definition) is 6. The predicted molar refractivity (Wildman–Crippen MR) is 124 cm³/mol. The van der Waals surface area contributed by atoms with Gasteiger partial charge in [0.2, 0.25) is 0 Å². The van der Waals surface area contributed by atoms with E-state index >= 15 is 0 Å². The summed E-state index contributed by atoms with van der Waals surface area (Å²) in [7, 11) is 5.06. The molecule has 0 fully saturated rings. The molecular weight excluding hydrogens is 428 g/mol. The number of hydrogen-bond donors (Lipinski definition) is 1. The number of aromatic nitrogens is 2. The Hall–Kier alpha value is -3.72. The average molecular weight is 451 g/mol. The second kappa shape index (κ2) is 8.80. The molecule has 2 aromatic heterocycles. The molecule has 2 heterocycles. The Labute approximate surface area is 189 Å². The minimum Gasteiger partial charge on any atom is -0.457 e. The molecule has 164 valence electrons. The lowest BCUT2D eigenvalue weighted by Gasteiger charge is -2.09. The summed E-state index contributed by atoms with van der Waals surface area (Å²) in [6.07, 6.45) is 3.73. The standard InChI is InChI=1S/C23H22N4O4S/c1-26(2)23(29)20-13-17-18(30-15-5-7-16(32-4)8-6-15)11-14(12-19(17)31-20)22(28)24-21-9-10-27(3)25-21/h5-13H,1-4H3,(H,24,25,28). The number of benzene rings is 2. The molecule has 0 bridgehead atoms. The van der Waals surface area contributed by atoms with E-state index in [0.29, 0.717) is 33.8 Å². The highest BCUT2D eigenvalue weighted by Gasteiger charge is 2.20. The van der Waals surface area contributed by atoms with E-state index in [0.717, 1.165) is 4.90 Å². The third kappa shape index (κ3) is 4.47. The van der Waals surface area contributed by atoms with Crippen molar-refractivity contribution in [2.75, 3.05) is 25.7 Å².